The van der Waals surface area contributed by atoms with E-state index in [9.17, 15) is 0 Å². The second-order valence-corrected chi connectivity index (χ2v) is 5.34. The number of rotatable bonds is 6. The SMILES string of the molecule is CCC1CN(CCNCc2ccccn2)CCN1C. The number of hydrogen-bond acceptors (Lipinski definition) is 4. The molecule has 0 bridgehead atoms. The highest BCUT2D eigenvalue weighted by atomic mass is 15.3. The first-order chi connectivity index (χ1) is 9.29. The van der Waals surface area contributed by atoms with Gasteiger partial charge in [-0.1, -0.05) is 13.0 Å². The minimum absolute atomic E-state index is 0.726. The number of nitrogens with zero attached hydrogens (tertiary/aromatic N) is 3. The van der Waals surface area contributed by atoms with Crippen LogP contribution in [0, 0.1) is 0 Å². The predicted molar refractivity (Wildman–Crippen MR) is 79.1 cm³/mol. The van der Waals surface area contributed by atoms with E-state index in [4.69, 9.17) is 0 Å². The Labute approximate surface area is 116 Å². The Hall–Kier alpha value is -0.970. The van der Waals surface area contributed by atoms with Gasteiger partial charge in [-0.2, -0.15) is 0 Å². The molecular weight excluding hydrogens is 236 g/mol. The predicted octanol–water partition coefficient (Wildman–Crippen LogP) is 1.20. The van der Waals surface area contributed by atoms with Crippen LogP contribution in [0.4, 0.5) is 0 Å². The van der Waals surface area contributed by atoms with Crippen molar-refractivity contribution in [3.63, 3.8) is 0 Å². The van der Waals surface area contributed by atoms with Crippen molar-refractivity contribution in [2.45, 2.75) is 25.9 Å². The van der Waals surface area contributed by atoms with Gasteiger partial charge in [-0.15, -0.1) is 0 Å². The molecule has 2 heterocycles. The van der Waals surface area contributed by atoms with Gasteiger partial charge in [-0.25, -0.2) is 0 Å². The van der Waals surface area contributed by atoms with Crippen molar-refractivity contribution in [1.82, 2.24) is 20.1 Å². The van der Waals surface area contributed by atoms with Gasteiger partial charge in [0.05, 0.1) is 5.69 Å². The molecule has 1 aromatic rings. The largest absolute Gasteiger partial charge is 0.310 e. The molecule has 1 fully saturated rings. The zero-order valence-electron chi connectivity index (χ0n) is 12.2. The van der Waals surface area contributed by atoms with Crippen LogP contribution in [-0.2, 0) is 6.54 Å². The summed E-state index contributed by atoms with van der Waals surface area (Å²) in [7, 11) is 2.24. The Morgan fingerprint density at radius 3 is 3.00 bits per heavy atom. The molecule has 1 aliphatic heterocycles. The van der Waals surface area contributed by atoms with Gasteiger partial charge < -0.3 is 10.2 Å². The fourth-order valence-electron chi connectivity index (χ4n) is 2.61. The lowest BCUT2D eigenvalue weighted by Gasteiger charge is -2.39. The van der Waals surface area contributed by atoms with E-state index in [0.29, 0.717) is 0 Å². The molecule has 1 N–H and O–H groups in total. The average molecular weight is 262 g/mol. The number of piperazine rings is 1. The number of pyridine rings is 1. The standard InChI is InChI=1S/C15H26N4/c1-3-15-13-19(11-10-18(15)2)9-8-16-12-14-6-4-5-7-17-14/h4-7,15-16H,3,8-13H2,1-2H3. The first kappa shape index (κ1) is 14.4. The van der Waals surface area contributed by atoms with Crippen molar-refractivity contribution in [3.05, 3.63) is 30.1 Å². The zero-order valence-corrected chi connectivity index (χ0v) is 12.2. The lowest BCUT2D eigenvalue weighted by Crippen LogP contribution is -2.52. The molecule has 106 valence electrons. The first-order valence-corrected chi connectivity index (χ1v) is 7.33. The molecule has 0 radical (unpaired) electrons. The topological polar surface area (TPSA) is 31.4 Å². The molecule has 1 saturated heterocycles. The second kappa shape index (κ2) is 7.58. The van der Waals surface area contributed by atoms with Crippen LogP contribution in [0.3, 0.4) is 0 Å². The van der Waals surface area contributed by atoms with Crippen LogP contribution in [0.5, 0.6) is 0 Å². The molecule has 19 heavy (non-hydrogen) atoms. The van der Waals surface area contributed by atoms with Crippen molar-refractivity contribution in [2.75, 3.05) is 39.8 Å². The molecule has 0 amide bonds. The lowest BCUT2D eigenvalue weighted by molar-refractivity contribution is 0.0939. The highest BCUT2D eigenvalue weighted by Crippen LogP contribution is 2.09. The van der Waals surface area contributed by atoms with Gasteiger partial charge in [0.15, 0.2) is 0 Å². The average Bonchev–Trinajstić information content (AvgIpc) is 2.46. The molecule has 0 aromatic carbocycles. The summed E-state index contributed by atoms with van der Waals surface area (Å²) in [5.74, 6) is 0. The number of hydrogen-bond donors (Lipinski definition) is 1. The van der Waals surface area contributed by atoms with E-state index in [-0.39, 0.29) is 0 Å². The molecular formula is C15H26N4. The highest BCUT2D eigenvalue weighted by Gasteiger charge is 2.21. The molecule has 0 spiro atoms. The number of nitrogens with one attached hydrogen (secondary N) is 1. The monoisotopic (exact) mass is 262 g/mol. The molecule has 1 atom stereocenters. The van der Waals surface area contributed by atoms with Gasteiger partial charge in [0.2, 0.25) is 0 Å². The van der Waals surface area contributed by atoms with E-state index < -0.39 is 0 Å². The minimum Gasteiger partial charge on any atom is -0.310 e. The smallest absolute Gasteiger partial charge is 0.0541 e. The van der Waals surface area contributed by atoms with Crippen molar-refractivity contribution in [2.24, 2.45) is 0 Å². The number of aromatic nitrogens is 1. The van der Waals surface area contributed by atoms with Crippen LogP contribution < -0.4 is 5.32 Å². The summed E-state index contributed by atoms with van der Waals surface area (Å²) in [5, 5.41) is 3.48. The molecule has 2 rings (SSSR count). The first-order valence-electron chi connectivity index (χ1n) is 7.33. The van der Waals surface area contributed by atoms with Gasteiger partial charge in [-0.3, -0.25) is 9.88 Å². The third-order valence-electron chi connectivity index (χ3n) is 3.97. The van der Waals surface area contributed by atoms with Crippen LogP contribution in [0.15, 0.2) is 24.4 Å². The second-order valence-electron chi connectivity index (χ2n) is 5.34. The summed E-state index contributed by atoms with van der Waals surface area (Å²) in [6.45, 7) is 8.92. The van der Waals surface area contributed by atoms with Crippen LogP contribution >= 0.6 is 0 Å². The lowest BCUT2D eigenvalue weighted by atomic mass is 10.1. The molecule has 1 aromatic heterocycles. The van der Waals surface area contributed by atoms with Crippen LogP contribution in [0.2, 0.25) is 0 Å². The molecule has 0 saturated carbocycles. The Bertz CT molecular complexity index is 354. The molecule has 4 nitrogen and oxygen atoms in total. The van der Waals surface area contributed by atoms with Crippen LogP contribution in [0.25, 0.3) is 0 Å². The van der Waals surface area contributed by atoms with Crippen LogP contribution in [0.1, 0.15) is 19.0 Å². The van der Waals surface area contributed by atoms with Gasteiger partial charge >= 0.3 is 0 Å². The summed E-state index contributed by atoms with van der Waals surface area (Å²) in [6, 6.07) is 6.79. The van der Waals surface area contributed by atoms with Crippen molar-refractivity contribution in [1.29, 1.82) is 0 Å². The molecule has 4 heteroatoms. The van der Waals surface area contributed by atoms with Gasteiger partial charge in [0, 0.05) is 51.5 Å². The molecule has 1 unspecified atom stereocenters. The van der Waals surface area contributed by atoms with E-state index in [1.807, 2.05) is 18.3 Å². The van der Waals surface area contributed by atoms with E-state index in [2.05, 4.69) is 40.1 Å². The summed E-state index contributed by atoms with van der Waals surface area (Å²) < 4.78 is 0. The Kier molecular flexibility index (Phi) is 5.76. The van der Waals surface area contributed by atoms with E-state index in [1.54, 1.807) is 0 Å². The quantitative estimate of drug-likeness (QED) is 0.781. The zero-order chi connectivity index (χ0) is 13.5. The summed E-state index contributed by atoms with van der Waals surface area (Å²) in [4.78, 5) is 9.37. The van der Waals surface area contributed by atoms with E-state index in [0.717, 1.165) is 31.4 Å². The third-order valence-corrected chi connectivity index (χ3v) is 3.97. The van der Waals surface area contributed by atoms with Crippen molar-refractivity contribution < 1.29 is 0 Å². The fourth-order valence-corrected chi connectivity index (χ4v) is 2.61. The maximum Gasteiger partial charge on any atom is 0.0541 e. The normalized spacial score (nSPS) is 21.7. The highest BCUT2D eigenvalue weighted by molar-refractivity contribution is 5.02. The van der Waals surface area contributed by atoms with Crippen molar-refractivity contribution >= 4 is 0 Å². The summed E-state index contributed by atoms with van der Waals surface area (Å²) in [6.07, 6.45) is 3.09. The van der Waals surface area contributed by atoms with Crippen molar-refractivity contribution in [3.8, 4) is 0 Å². The molecule has 1 aliphatic rings. The molecule has 0 aliphatic carbocycles. The van der Waals surface area contributed by atoms with E-state index >= 15 is 0 Å². The third kappa shape index (κ3) is 4.56. The van der Waals surface area contributed by atoms with Gasteiger partial charge in [0.25, 0.3) is 0 Å². The van der Waals surface area contributed by atoms with Gasteiger partial charge in [0.1, 0.15) is 0 Å². The minimum atomic E-state index is 0.726. The summed E-state index contributed by atoms with van der Waals surface area (Å²) in [5.41, 5.74) is 1.12. The number of likely N-dealkylation sites (N-methyl/N-ethyl adjacent to an activating group) is 1. The van der Waals surface area contributed by atoms with Crippen LogP contribution in [-0.4, -0.2) is 60.6 Å². The Morgan fingerprint density at radius 2 is 2.26 bits per heavy atom. The fraction of sp³-hybridized carbons (Fsp3) is 0.667. The summed E-state index contributed by atoms with van der Waals surface area (Å²) >= 11 is 0. The Balaban J connectivity index is 1.63. The van der Waals surface area contributed by atoms with Gasteiger partial charge in [-0.05, 0) is 25.6 Å². The Morgan fingerprint density at radius 1 is 1.37 bits per heavy atom. The maximum absolute atomic E-state index is 4.32. The van der Waals surface area contributed by atoms with E-state index in [1.165, 1.54) is 26.1 Å². The maximum atomic E-state index is 4.32.